The first-order chi connectivity index (χ1) is 15.0. The summed E-state index contributed by atoms with van der Waals surface area (Å²) in [4.78, 5) is 4.18. The third-order valence-electron chi connectivity index (χ3n) is 4.78. The van der Waals surface area contributed by atoms with Crippen LogP contribution in [0.3, 0.4) is 0 Å². The van der Waals surface area contributed by atoms with Gasteiger partial charge >= 0.3 is 0 Å². The Morgan fingerprint density at radius 1 is 0.935 bits per heavy atom. The number of benzene rings is 2. The summed E-state index contributed by atoms with van der Waals surface area (Å²) in [5, 5.41) is 0.798. The van der Waals surface area contributed by atoms with E-state index in [0.717, 1.165) is 22.4 Å². The minimum Gasteiger partial charge on any atom is -0.497 e. The minimum absolute atomic E-state index is 0.287. The van der Waals surface area contributed by atoms with E-state index in [-0.39, 0.29) is 5.82 Å². The zero-order chi connectivity index (χ0) is 23.1. The van der Waals surface area contributed by atoms with Gasteiger partial charge in [0, 0.05) is 22.8 Å². The molecule has 0 amide bonds. The molecular formula is C26H36FN3O. The zero-order valence-electron chi connectivity index (χ0n) is 19.0. The summed E-state index contributed by atoms with van der Waals surface area (Å²) in [7, 11) is 3.16. The van der Waals surface area contributed by atoms with Gasteiger partial charge in [0.2, 0.25) is 0 Å². The Balaban J connectivity index is 0.000000237. The fourth-order valence-corrected chi connectivity index (χ4v) is 3.17. The van der Waals surface area contributed by atoms with Gasteiger partial charge in [-0.3, -0.25) is 4.98 Å². The van der Waals surface area contributed by atoms with Gasteiger partial charge in [0.15, 0.2) is 0 Å². The second-order valence-corrected chi connectivity index (χ2v) is 7.11. The van der Waals surface area contributed by atoms with Gasteiger partial charge in [-0.2, -0.15) is 0 Å². The number of nitrogens with two attached hydrogens (primary N) is 2. The molecule has 0 radical (unpaired) electrons. The maximum atomic E-state index is 12.8. The molecule has 0 aliphatic heterocycles. The second-order valence-electron chi connectivity index (χ2n) is 7.11. The van der Waals surface area contributed by atoms with Crippen LogP contribution in [0, 0.1) is 12.7 Å². The number of nitrogens with zero attached hydrogens (tertiary/aromatic N) is 1. The summed E-state index contributed by atoms with van der Waals surface area (Å²) < 4.78 is 17.8. The van der Waals surface area contributed by atoms with E-state index < -0.39 is 0 Å². The lowest BCUT2D eigenvalue weighted by Gasteiger charge is -2.05. The Morgan fingerprint density at radius 3 is 1.97 bits per heavy atom. The fourth-order valence-electron chi connectivity index (χ4n) is 3.17. The molecule has 0 bridgehead atoms. The molecule has 3 aromatic rings. The highest BCUT2D eigenvalue weighted by Crippen LogP contribution is 2.20. The topological polar surface area (TPSA) is 74.2 Å². The lowest BCUT2D eigenvalue weighted by molar-refractivity contribution is 0.415. The number of hydrogen-bond acceptors (Lipinski definition) is 4. The standard InChI is InChI=1S/C10H9FN2.C9H10O.C6H12.CH5N/c1-6-4-9(12)8-3-2-7(11)5-10(8)13-6;1-3-8-4-6-9(10-2)7-5-8;1-2-4-6-5-3-1;1-2/h2-5H,1H3,(H2,12,13);3-7H,1H2,2H3;1-6H2;2H2,1H3. The maximum absolute atomic E-state index is 12.8. The molecule has 4 rings (SSSR count). The molecule has 0 saturated heterocycles. The van der Waals surface area contributed by atoms with Gasteiger partial charge in [-0.1, -0.05) is 63.3 Å². The van der Waals surface area contributed by atoms with Crippen LogP contribution in [0.4, 0.5) is 10.1 Å². The van der Waals surface area contributed by atoms with Crippen LogP contribution in [0.1, 0.15) is 49.8 Å². The molecule has 1 heterocycles. The molecule has 0 spiro atoms. The van der Waals surface area contributed by atoms with Crippen LogP contribution in [-0.2, 0) is 0 Å². The van der Waals surface area contributed by atoms with Crippen molar-refractivity contribution in [2.75, 3.05) is 19.9 Å². The summed E-state index contributed by atoms with van der Waals surface area (Å²) in [6, 6.07) is 14.0. The number of methoxy groups -OCH3 is 1. The summed E-state index contributed by atoms with van der Waals surface area (Å²) in [6.45, 7) is 5.48. The number of fused-ring (bicyclic) bond motifs is 1. The number of halogens is 1. The van der Waals surface area contributed by atoms with Crippen LogP contribution in [0.25, 0.3) is 17.0 Å². The van der Waals surface area contributed by atoms with Crippen molar-refractivity contribution in [2.45, 2.75) is 45.4 Å². The smallest absolute Gasteiger partial charge is 0.125 e. The van der Waals surface area contributed by atoms with Crippen LogP contribution >= 0.6 is 0 Å². The van der Waals surface area contributed by atoms with E-state index in [4.69, 9.17) is 10.5 Å². The molecule has 0 atom stereocenters. The molecule has 4 nitrogen and oxygen atoms in total. The van der Waals surface area contributed by atoms with Gasteiger partial charge in [-0.05, 0) is 49.9 Å². The molecule has 1 aromatic heterocycles. The molecule has 1 aliphatic rings. The summed E-state index contributed by atoms with van der Waals surface area (Å²) in [6.07, 6.45) is 10.8. The lowest BCUT2D eigenvalue weighted by atomic mass is 10.0. The second kappa shape index (κ2) is 15.0. The predicted molar refractivity (Wildman–Crippen MR) is 132 cm³/mol. The number of aryl methyl sites for hydroxylation is 1. The molecule has 168 valence electrons. The SMILES string of the molecule is C1CCCCC1.C=Cc1ccc(OC)cc1.CN.Cc1cc(N)c2ccc(F)cc2n1. The van der Waals surface area contributed by atoms with Crippen molar-refractivity contribution in [3.63, 3.8) is 0 Å². The van der Waals surface area contributed by atoms with E-state index in [2.05, 4.69) is 17.3 Å². The first-order valence-electron chi connectivity index (χ1n) is 10.7. The third kappa shape index (κ3) is 9.62. The zero-order valence-corrected chi connectivity index (χ0v) is 19.0. The number of hydrogen-bond donors (Lipinski definition) is 2. The maximum Gasteiger partial charge on any atom is 0.125 e. The first kappa shape index (κ1) is 26.1. The monoisotopic (exact) mass is 425 g/mol. The Labute approximate surface area is 186 Å². The van der Waals surface area contributed by atoms with Gasteiger partial charge < -0.3 is 16.2 Å². The van der Waals surface area contributed by atoms with E-state index in [9.17, 15) is 4.39 Å². The van der Waals surface area contributed by atoms with Gasteiger partial charge in [-0.15, -0.1) is 0 Å². The van der Waals surface area contributed by atoms with Crippen LogP contribution in [0.15, 0.2) is 55.1 Å². The highest BCUT2D eigenvalue weighted by Gasteiger charge is 2.01. The normalized spacial score (nSPS) is 12.2. The summed E-state index contributed by atoms with van der Waals surface area (Å²) in [5.74, 6) is 0.593. The van der Waals surface area contributed by atoms with Gasteiger partial charge in [0.05, 0.1) is 12.6 Å². The molecule has 1 aliphatic carbocycles. The first-order valence-corrected chi connectivity index (χ1v) is 10.7. The number of rotatable bonds is 2. The minimum atomic E-state index is -0.287. The van der Waals surface area contributed by atoms with Gasteiger partial charge in [-0.25, -0.2) is 4.39 Å². The number of aromatic nitrogens is 1. The highest BCUT2D eigenvalue weighted by atomic mass is 19.1. The molecule has 2 aromatic carbocycles. The van der Waals surface area contributed by atoms with Crippen LogP contribution < -0.4 is 16.2 Å². The largest absolute Gasteiger partial charge is 0.497 e. The molecule has 31 heavy (non-hydrogen) atoms. The molecule has 4 N–H and O–H groups in total. The van der Waals surface area contributed by atoms with E-state index >= 15 is 0 Å². The van der Waals surface area contributed by atoms with Crippen molar-refractivity contribution >= 4 is 22.7 Å². The van der Waals surface area contributed by atoms with Crippen molar-refractivity contribution in [3.8, 4) is 5.75 Å². The quantitative estimate of drug-likeness (QED) is 0.490. The highest BCUT2D eigenvalue weighted by molar-refractivity contribution is 5.90. The Morgan fingerprint density at radius 2 is 1.48 bits per heavy atom. The summed E-state index contributed by atoms with van der Waals surface area (Å²) >= 11 is 0. The van der Waals surface area contributed by atoms with Crippen molar-refractivity contribution in [1.29, 1.82) is 0 Å². The lowest BCUT2D eigenvalue weighted by Crippen LogP contribution is -1.92. The molecule has 0 unspecified atom stereocenters. The van der Waals surface area contributed by atoms with E-state index in [1.165, 1.54) is 57.7 Å². The number of nitrogen functional groups attached to an aromatic ring is 1. The molecule has 1 fully saturated rings. The van der Waals surface area contributed by atoms with Gasteiger partial charge in [0.1, 0.15) is 11.6 Å². The van der Waals surface area contributed by atoms with E-state index in [0.29, 0.717) is 11.2 Å². The van der Waals surface area contributed by atoms with E-state index in [1.807, 2.05) is 31.2 Å². The van der Waals surface area contributed by atoms with Crippen LogP contribution in [0.2, 0.25) is 0 Å². The molecule has 5 heteroatoms. The number of pyridine rings is 1. The van der Waals surface area contributed by atoms with E-state index in [1.54, 1.807) is 25.3 Å². The fraction of sp³-hybridized carbons (Fsp3) is 0.346. The third-order valence-corrected chi connectivity index (χ3v) is 4.78. The number of anilines is 1. The van der Waals surface area contributed by atoms with Crippen molar-refractivity contribution in [1.82, 2.24) is 4.98 Å². The van der Waals surface area contributed by atoms with Crippen LogP contribution in [0.5, 0.6) is 5.75 Å². The van der Waals surface area contributed by atoms with Crippen molar-refractivity contribution in [3.05, 3.63) is 72.2 Å². The average Bonchev–Trinajstić information content (AvgIpc) is 2.82. The Bertz CT molecular complexity index is 890. The summed E-state index contributed by atoms with van der Waals surface area (Å²) in [5.41, 5.74) is 13.4. The Hall–Kier alpha value is -2.92. The van der Waals surface area contributed by atoms with Crippen molar-refractivity contribution in [2.24, 2.45) is 5.73 Å². The van der Waals surface area contributed by atoms with Crippen LogP contribution in [-0.4, -0.2) is 19.1 Å². The molecule has 1 saturated carbocycles. The van der Waals surface area contributed by atoms with Gasteiger partial charge in [0.25, 0.3) is 0 Å². The predicted octanol–water partition coefficient (Wildman–Crippen LogP) is 6.52. The average molecular weight is 426 g/mol. The molecular weight excluding hydrogens is 389 g/mol. The van der Waals surface area contributed by atoms with Crippen molar-refractivity contribution < 1.29 is 9.13 Å². The number of ether oxygens (including phenoxy) is 1. The Kier molecular flexibility index (Phi) is 12.6.